The zero-order chi connectivity index (χ0) is 14.9. The molecule has 0 unspecified atom stereocenters. The van der Waals surface area contributed by atoms with Gasteiger partial charge in [0.25, 0.3) is 0 Å². The molecular formula is C16H19N3O2S. The molecule has 0 aromatic carbocycles. The fourth-order valence-corrected chi connectivity index (χ4v) is 3.63. The van der Waals surface area contributed by atoms with E-state index in [4.69, 9.17) is 9.15 Å². The smallest absolute Gasteiger partial charge is 0.193 e. The van der Waals surface area contributed by atoms with E-state index in [1.165, 1.54) is 0 Å². The van der Waals surface area contributed by atoms with Gasteiger partial charge < -0.3 is 9.15 Å². The van der Waals surface area contributed by atoms with Crippen LogP contribution in [0.25, 0.3) is 4.96 Å². The molecule has 0 saturated carbocycles. The molecule has 0 bridgehead atoms. The van der Waals surface area contributed by atoms with Gasteiger partial charge in [-0.2, -0.15) is 0 Å². The van der Waals surface area contributed by atoms with Gasteiger partial charge in [-0.05, 0) is 12.1 Å². The number of morpholine rings is 1. The van der Waals surface area contributed by atoms with Crippen LogP contribution in [0.5, 0.6) is 0 Å². The molecule has 0 amide bonds. The Kier molecular flexibility index (Phi) is 3.73. The van der Waals surface area contributed by atoms with Crippen molar-refractivity contribution in [2.75, 3.05) is 19.8 Å². The van der Waals surface area contributed by atoms with Gasteiger partial charge in [0.05, 0.1) is 24.9 Å². The van der Waals surface area contributed by atoms with E-state index in [1.807, 2.05) is 6.20 Å². The van der Waals surface area contributed by atoms with Crippen LogP contribution in [0.4, 0.5) is 0 Å². The van der Waals surface area contributed by atoms with E-state index in [0.717, 1.165) is 48.3 Å². The maximum absolute atomic E-state index is 5.94. The van der Waals surface area contributed by atoms with Crippen molar-refractivity contribution in [2.45, 2.75) is 25.9 Å². The average molecular weight is 317 g/mol. The second-order valence-corrected chi connectivity index (χ2v) is 6.42. The minimum Gasteiger partial charge on any atom is -0.464 e. The maximum atomic E-state index is 5.94. The van der Waals surface area contributed by atoms with E-state index >= 15 is 0 Å². The highest BCUT2D eigenvalue weighted by molar-refractivity contribution is 7.15. The van der Waals surface area contributed by atoms with Gasteiger partial charge >= 0.3 is 0 Å². The molecule has 0 aliphatic carbocycles. The summed E-state index contributed by atoms with van der Waals surface area (Å²) in [4.78, 5) is 8.13. The van der Waals surface area contributed by atoms with Crippen molar-refractivity contribution in [1.82, 2.24) is 14.3 Å². The molecule has 22 heavy (non-hydrogen) atoms. The van der Waals surface area contributed by atoms with Gasteiger partial charge in [-0.1, -0.05) is 6.92 Å². The fourth-order valence-electron chi connectivity index (χ4n) is 2.91. The van der Waals surface area contributed by atoms with Crippen LogP contribution in [0.1, 0.15) is 30.2 Å². The quantitative estimate of drug-likeness (QED) is 0.741. The molecule has 5 nitrogen and oxygen atoms in total. The summed E-state index contributed by atoms with van der Waals surface area (Å²) in [5.74, 6) is 2.03. The minimum atomic E-state index is 0.175. The van der Waals surface area contributed by atoms with Crippen molar-refractivity contribution in [3.63, 3.8) is 0 Å². The van der Waals surface area contributed by atoms with Gasteiger partial charge in [0.2, 0.25) is 0 Å². The molecule has 4 rings (SSSR count). The third-order valence-corrected chi connectivity index (χ3v) is 4.88. The second-order valence-electron chi connectivity index (χ2n) is 5.54. The highest BCUT2D eigenvalue weighted by atomic mass is 32.1. The van der Waals surface area contributed by atoms with E-state index in [0.29, 0.717) is 6.61 Å². The summed E-state index contributed by atoms with van der Waals surface area (Å²) >= 11 is 1.66. The van der Waals surface area contributed by atoms with Gasteiger partial charge in [-0.3, -0.25) is 9.30 Å². The number of nitrogens with zero attached hydrogens (tertiary/aromatic N) is 3. The van der Waals surface area contributed by atoms with Crippen LogP contribution >= 0.6 is 11.3 Å². The number of ether oxygens (including phenoxy) is 1. The maximum Gasteiger partial charge on any atom is 0.193 e. The molecule has 0 radical (unpaired) electrons. The van der Waals surface area contributed by atoms with Crippen molar-refractivity contribution in [3.8, 4) is 0 Å². The number of aryl methyl sites for hydroxylation is 1. The molecule has 0 spiro atoms. The number of hydrogen-bond acceptors (Lipinski definition) is 5. The summed E-state index contributed by atoms with van der Waals surface area (Å²) < 4.78 is 13.7. The van der Waals surface area contributed by atoms with E-state index in [2.05, 4.69) is 44.9 Å². The Labute approximate surface area is 133 Å². The van der Waals surface area contributed by atoms with Crippen LogP contribution in [0.15, 0.2) is 34.3 Å². The molecule has 116 valence electrons. The standard InChI is InChI=1S/C16H19N3O2S/c1-2-13-3-4-15(21-13)14-11-20-7-5-18(14)9-12-10-19-6-8-22-16(19)17-12/h3-4,6,8,10,14H,2,5,7,9,11H2,1H3/t14-/m0/s1. The zero-order valence-electron chi connectivity index (χ0n) is 12.6. The summed E-state index contributed by atoms with van der Waals surface area (Å²) in [6, 6.07) is 4.32. The highest BCUT2D eigenvalue weighted by Gasteiger charge is 2.27. The van der Waals surface area contributed by atoms with Crippen molar-refractivity contribution in [3.05, 3.63) is 47.1 Å². The van der Waals surface area contributed by atoms with E-state index < -0.39 is 0 Å². The Balaban J connectivity index is 1.56. The number of hydrogen-bond donors (Lipinski definition) is 0. The summed E-state index contributed by atoms with van der Waals surface area (Å²) in [5.41, 5.74) is 1.10. The van der Waals surface area contributed by atoms with Crippen LogP contribution in [0.2, 0.25) is 0 Å². The molecule has 3 aromatic rings. The Hall–Kier alpha value is -1.63. The molecule has 1 fully saturated rings. The molecule has 0 N–H and O–H groups in total. The normalized spacial score (nSPS) is 20.0. The fraction of sp³-hybridized carbons (Fsp3) is 0.438. The Bertz CT molecular complexity index is 732. The number of furan rings is 1. The molecule has 3 aromatic heterocycles. The van der Waals surface area contributed by atoms with Crippen LogP contribution in [-0.4, -0.2) is 34.0 Å². The van der Waals surface area contributed by atoms with Crippen LogP contribution in [0.3, 0.4) is 0 Å². The lowest BCUT2D eigenvalue weighted by molar-refractivity contribution is -0.0210. The van der Waals surface area contributed by atoms with Crippen LogP contribution in [-0.2, 0) is 17.7 Å². The average Bonchev–Trinajstić information content (AvgIpc) is 3.22. The van der Waals surface area contributed by atoms with Crippen molar-refractivity contribution < 1.29 is 9.15 Å². The Morgan fingerprint density at radius 3 is 3.18 bits per heavy atom. The topological polar surface area (TPSA) is 42.9 Å². The number of rotatable bonds is 4. The lowest BCUT2D eigenvalue weighted by atomic mass is 10.1. The largest absolute Gasteiger partial charge is 0.464 e. The van der Waals surface area contributed by atoms with Crippen molar-refractivity contribution in [1.29, 1.82) is 0 Å². The molecule has 1 saturated heterocycles. The molecule has 1 atom stereocenters. The molecule has 6 heteroatoms. The first-order valence-electron chi connectivity index (χ1n) is 7.65. The second kappa shape index (κ2) is 5.87. The molecular weight excluding hydrogens is 298 g/mol. The number of aromatic nitrogens is 2. The lowest BCUT2D eigenvalue weighted by Crippen LogP contribution is -2.38. The van der Waals surface area contributed by atoms with E-state index in [1.54, 1.807) is 11.3 Å². The SMILES string of the molecule is CCc1ccc([C@@H]2COCCN2Cc2cn3ccsc3n2)o1. The summed E-state index contributed by atoms with van der Waals surface area (Å²) in [6.07, 6.45) is 5.08. The van der Waals surface area contributed by atoms with Gasteiger partial charge in [0.1, 0.15) is 11.5 Å². The monoisotopic (exact) mass is 317 g/mol. The number of thiazole rings is 1. The van der Waals surface area contributed by atoms with Gasteiger partial charge in [-0.15, -0.1) is 11.3 Å². The first kappa shape index (κ1) is 14.0. The first-order chi connectivity index (χ1) is 10.8. The van der Waals surface area contributed by atoms with Crippen LogP contribution < -0.4 is 0 Å². The predicted molar refractivity (Wildman–Crippen MR) is 85.1 cm³/mol. The van der Waals surface area contributed by atoms with Crippen molar-refractivity contribution in [2.24, 2.45) is 0 Å². The predicted octanol–water partition coefficient (Wildman–Crippen LogP) is 3.12. The Morgan fingerprint density at radius 2 is 2.36 bits per heavy atom. The zero-order valence-corrected chi connectivity index (χ0v) is 13.4. The number of fused-ring (bicyclic) bond motifs is 1. The molecule has 1 aliphatic heterocycles. The number of imidazole rings is 1. The highest BCUT2D eigenvalue weighted by Crippen LogP contribution is 2.27. The van der Waals surface area contributed by atoms with Crippen molar-refractivity contribution >= 4 is 16.3 Å². The summed E-state index contributed by atoms with van der Waals surface area (Å²) in [7, 11) is 0. The van der Waals surface area contributed by atoms with Crippen LogP contribution in [0, 0.1) is 0 Å². The molecule has 4 heterocycles. The van der Waals surface area contributed by atoms with Gasteiger partial charge in [0, 0.05) is 37.3 Å². The summed E-state index contributed by atoms with van der Waals surface area (Å²) in [5, 5.41) is 2.05. The first-order valence-corrected chi connectivity index (χ1v) is 8.53. The molecule has 1 aliphatic rings. The third-order valence-electron chi connectivity index (χ3n) is 4.11. The summed E-state index contributed by atoms with van der Waals surface area (Å²) in [6.45, 7) is 5.27. The third kappa shape index (κ3) is 2.58. The Morgan fingerprint density at radius 1 is 1.41 bits per heavy atom. The van der Waals surface area contributed by atoms with Gasteiger partial charge in [0.15, 0.2) is 4.96 Å². The van der Waals surface area contributed by atoms with Gasteiger partial charge in [-0.25, -0.2) is 4.98 Å². The van der Waals surface area contributed by atoms with E-state index in [-0.39, 0.29) is 6.04 Å². The lowest BCUT2D eigenvalue weighted by Gasteiger charge is -2.33. The van der Waals surface area contributed by atoms with E-state index in [9.17, 15) is 0 Å². The minimum absolute atomic E-state index is 0.175.